The molecule has 2 aliphatic heterocycles. The van der Waals surface area contributed by atoms with Gasteiger partial charge in [-0.3, -0.25) is 0 Å². The van der Waals surface area contributed by atoms with Crippen LogP contribution in [0.4, 0.5) is 22.1 Å². The number of piperazine rings is 1. The lowest BCUT2D eigenvalue weighted by atomic mass is 9.87. The molecule has 2 aromatic rings. The van der Waals surface area contributed by atoms with Gasteiger partial charge in [-0.15, -0.1) is 10.2 Å². The van der Waals surface area contributed by atoms with Gasteiger partial charge in [-0.25, -0.2) is 4.79 Å². The Balaban J connectivity index is 1.29. The molecule has 2 fully saturated rings. The van der Waals surface area contributed by atoms with Crippen molar-refractivity contribution >= 4 is 23.4 Å². The van der Waals surface area contributed by atoms with Gasteiger partial charge in [0.15, 0.2) is 11.6 Å². The third-order valence-electron chi connectivity index (χ3n) is 6.63. The number of carbonyl (C=O) groups is 1. The minimum atomic E-state index is -0.0475. The fourth-order valence-electron chi connectivity index (χ4n) is 4.47. The van der Waals surface area contributed by atoms with Gasteiger partial charge in [-0.2, -0.15) is 0 Å². The van der Waals surface area contributed by atoms with E-state index >= 15 is 0 Å². The van der Waals surface area contributed by atoms with Gasteiger partial charge in [-0.1, -0.05) is 32.9 Å². The lowest BCUT2D eigenvalue weighted by Gasteiger charge is -2.36. The minimum Gasteiger partial charge on any atom is -0.352 e. The summed E-state index contributed by atoms with van der Waals surface area (Å²) in [5.74, 6) is 1.85. The quantitative estimate of drug-likeness (QED) is 0.767. The maximum absolute atomic E-state index is 12.7. The summed E-state index contributed by atoms with van der Waals surface area (Å²) in [6, 6.07) is 12.8. The monoisotopic (exact) mass is 436 g/mol. The zero-order chi connectivity index (χ0) is 22.7. The van der Waals surface area contributed by atoms with Crippen LogP contribution in [0.3, 0.4) is 0 Å². The van der Waals surface area contributed by atoms with Crippen LogP contribution in [-0.4, -0.2) is 59.9 Å². The van der Waals surface area contributed by atoms with Crippen molar-refractivity contribution in [1.82, 2.24) is 15.1 Å². The van der Waals surface area contributed by atoms with E-state index in [-0.39, 0.29) is 11.4 Å². The number of urea groups is 1. The van der Waals surface area contributed by atoms with Crippen LogP contribution in [0.1, 0.15) is 52.5 Å². The van der Waals surface area contributed by atoms with Crippen molar-refractivity contribution < 1.29 is 4.79 Å². The fraction of sp³-hybridized carbons (Fsp3) is 0.560. The maximum Gasteiger partial charge on any atom is 0.321 e. The number of hydrogen-bond acceptors (Lipinski definition) is 5. The van der Waals surface area contributed by atoms with Gasteiger partial charge < -0.3 is 20.0 Å². The molecule has 7 heteroatoms. The van der Waals surface area contributed by atoms with Crippen LogP contribution in [0.25, 0.3) is 0 Å². The first kappa shape index (κ1) is 22.4. The van der Waals surface area contributed by atoms with Crippen LogP contribution in [-0.2, 0) is 5.41 Å². The van der Waals surface area contributed by atoms with E-state index in [1.165, 1.54) is 24.8 Å². The molecule has 172 valence electrons. The SMILES string of the molecule is CC1CCCCN1c1ccc(N2CCN(C(=O)Nc3ccc(C(C)(C)C)cc3)CC2)nn1. The molecule has 0 aliphatic carbocycles. The largest absolute Gasteiger partial charge is 0.352 e. The van der Waals surface area contributed by atoms with Crippen molar-refractivity contribution in [2.75, 3.05) is 47.8 Å². The summed E-state index contributed by atoms with van der Waals surface area (Å²) in [6.45, 7) is 12.7. The molecule has 4 rings (SSSR count). The van der Waals surface area contributed by atoms with Crippen molar-refractivity contribution in [3.8, 4) is 0 Å². The molecule has 0 radical (unpaired) electrons. The standard InChI is InChI=1S/C25H36N6O/c1-19-7-5-6-14-31(19)23-13-12-22(27-28-23)29-15-17-30(18-16-29)24(32)26-21-10-8-20(9-11-21)25(2,3)4/h8-13,19H,5-7,14-18H2,1-4H3,(H,26,32). The van der Waals surface area contributed by atoms with Crippen LogP contribution >= 0.6 is 0 Å². The predicted molar refractivity (Wildman–Crippen MR) is 131 cm³/mol. The second-order valence-corrected chi connectivity index (χ2v) is 10.0. The number of hydrogen-bond donors (Lipinski definition) is 1. The van der Waals surface area contributed by atoms with Crippen molar-refractivity contribution in [2.45, 2.75) is 58.4 Å². The summed E-state index contributed by atoms with van der Waals surface area (Å²) in [5.41, 5.74) is 2.19. The molecule has 1 aromatic carbocycles. The first-order valence-electron chi connectivity index (χ1n) is 11.8. The molecule has 1 aromatic heterocycles. The Hall–Kier alpha value is -2.83. The number of carbonyl (C=O) groups excluding carboxylic acids is 1. The average Bonchev–Trinajstić information content (AvgIpc) is 2.79. The lowest BCUT2D eigenvalue weighted by molar-refractivity contribution is 0.208. The van der Waals surface area contributed by atoms with Crippen LogP contribution in [0, 0.1) is 0 Å². The van der Waals surface area contributed by atoms with Crippen molar-refractivity contribution in [1.29, 1.82) is 0 Å². The second kappa shape index (κ2) is 9.35. The molecule has 0 saturated carbocycles. The molecule has 1 unspecified atom stereocenters. The molecule has 2 amide bonds. The molecule has 0 spiro atoms. The molecular weight excluding hydrogens is 400 g/mol. The summed E-state index contributed by atoms with van der Waals surface area (Å²) >= 11 is 0. The Labute approximate surface area is 191 Å². The lowest BCUT2D eigenvalue weighted by Crippen LogP contribution is -2.50. The highest BCUT2D eigenvalue weighted by Crippen LogP contribution is 2.25. The van der Waals surface area contributed by atoms with E-state index < -0.39 is 0 Å². The summed E-state index contributed by atoms with van der Waals surface area (Å²) < 4.78 is 0. The Morgan fingerprint density at radius 1 is 0.906 bits per heavy atom. The smallest absolute Gasteiger partial charge is 0.321 e. The number of amides is 2. The minimum absolute atomic E-state index is 0.0475. The van der Waals surface area contributed by atoms with Crippen molar-refractivity contribution in [3.05, 3.63) is 42.0 Å². The molecule has 0 bridgehead atoms. The molecule has 7 nitrogen and oxygen atoms in total. The Morgan fingerprint density at radius 3 is 2.16 bits per heavy atom. The Morgan fingerprint density at radius 2 is 1.56 bits per heavy atom. The number of nitrogens with one attached hydrogen (secondary N) is 1. The molecule has 1 atom stereocenters. The zero-order valence-electron chi connectivity index (χ0n) is 19.8. The van der Waals surface area contributed by atoms with Crippen LogP contribution in [0.2, 0.25) is 0 Å². The van der Waals surface area contributed by atoms with E-state index in [0.29, 0.717) is 19.1 Å². The summed E-state index contributed by atoms with van der Waals surface area (Å²) in [5, 5.41) is 12.0. The number of nitrogens with zero attached hydrogens (tertiary/aromatic N) is 5. The van der Waals surface area contributed by atoms with E-state index in [1.54, 1.807) is 0 Å². The van der Waals surface area contributed by atoms with Gasteiger partial charge in [0, 0.05) is 44.5 Å². The number of aromatic nitrogens is 2. The van der Waals surface area contributed by atoms with Gasteiger partial charge in [0.25, 0.3) is 0 Å². The molecule has 2 saturated heterocycles. The highest BCUT2D eigenvalue weighted by molar-refractivity contribution is 5.89. The van der Waals surface area contributed by atoms with E-state index in [4.69, 9.17) is 0 Å². The highest BCUT2D eigenvalue weighted by Gasteiger charge is 2.24. The number of piperidine rings is 1. The Bertz CT molecular complexity index is 898. The van der Waals surface area contributed by atoms with E-state index in [2.05, 4.69) is 77.3 Å². The molecule has 3 heterocycles. The van der Waals surface area contributed by atoms with Crippen LogP contribution in [0.5, 0.6) is 0 Å². The van der Waals surface area contributed by atoms with Gasteiger partial charge in [0.2, 0.25) is 0 Å². The maximum atomic E-state index is 12.7. The van der Waals surface area contributed by atoms with Crippen LogP contribution in [0.15, 0.2) is 36.4 Å². The van der Waals surface area contributed by atoms with Gasteiger partial charge in [-0.05, 0) is 61.4 Å². The molecule has 1 N–H and O–H groups in total. The molecule has 32 heavy (non-hydrogen) atoms. The van der Waals surface area contributed by atoms with E-state index in [1.807, 2.05) is 17.0 Å². The van der Waals surface area contributed by atoms with Gasteiger partial charge in [0.05, 0.1) is 0 Å². The van der Waals surface area contributed by atoms with Gasteiger partial charge in [0.1, 0.15) is 0 Å². The van der Waals surface area contributed by atoms with Gasteiger partial charge >= 0.3 is 6.03 Å². The first-order valence-corrected chi connectivity index (χ1v) is 11.8. The average molecular weight is 437 g/mol. The number of anilines is 3. The van der Waals surface area contributed by atoms with Crippen molar-refractivity contribution in [3.63, 3.8) is 0 Å². The summed E-state index contributed by atoms with van der Waals surface area (Å²) in [4.78, 5) is 19.1. The number of benzene rings is 1. The molecule has 2 aliphatic rings. The second-order valence-electron chi connectivity index (χ2n) is 10.0. The predicted octanol–water partition coefficient (Wildman–Crippen LogP) is 4.51. The number of rotatable bonds is 3. The fourth-order valence-corrected chi connectivity index (χ4v) is 4.47. The topological polar surface area (TPSA) is 64.6 Å². The highest BCUT2D eigenvalue weighted by atomic mass is 16.2. The van der Waals surface area contributed by atoms with E-state index in [9.17, 15) is 4.79 Å². The third kappa shape index (κ3) is 5.14. The van der Waals surface area contributed by atoms with E-state index in [0.717, 1.165) is 37.0 Å². The normalized spacial score (nSPS) is 19.8. The molecular formula is C25H36N6O. The summed E-state index contributed by atoms with van der Waals surface area (Å²) in [6.07, 6.45) is 3.73. The Kier molecular flexibility index (Phi) is 6.53. The van der Waals surface area contributed by atoms with Crippen LogP contribution < -0.4 is 15.1 Å². The summed E-state index contributed by atoms with van der Waals surface area (Å²) in [7, 11) is 0. The zero-order valence-corrected chi connectivity index (χ0v) is 19.8. The van der Waals surface area contributed by atoms with Crippen molar-refractivity contribution in [2.24, 2.45) is 0 Å². The third-order valence-corrected chi connectivity index (χ3v) is 6.63. The first-order chi connectivity index (χ1) is 15.3.